The lowest BCUT2D eigenvalue weighted by Gasteiger charge is -2.02. The molecule has 2 aromatic rings. The number of aromatic amines is 1. The van der Waals surface area contributed by atoms with Crippen LogP contribution in [0.1, 0.15) is 5.56 Å². The first-order valence-corrected chi connectivity index (χ1v) is 4.24. The zero-order valence-electron chi connectivity index (χ0n) is 7.71. The molecular formula is C10H10FN3. The molecule has 0 saturated heterocycles. The fraction of sp³-hybridized carbons (Fsp3) is 0.100. The van der Waals surface area contributed by atoms with E-state index in [2.05, 4.69) is 10.2 Å². The van der Waals surface area contributed by atoms with Crippen molar-refractivity contribution >= 4 is 5.82 Å². The minimum Gasteiger partial charge on any atom is -0.384 e. The van der Waals surface area contributed by atoms with Gasteiger partial charge >= 0.3 is 0 Å². The molecule has 1 heterocycles. The average Bonchev–Trinajstić information content (AvgIpc) is 2.56. The molecule has 0 fully saturated rings. The van der Waals surface area contributed by atoms with Crippen LogP contribution in [0, 0.1) is 12.7 Å². The van der Waals surface area contributed by atoms with Gasteiger partial charge in [0.25, 0.3) is 0 Å². The highest BCUT2D eigenvalue weighted by atomic mass is 19.1. The Bertz CT molecular complexity index is 462. The average molecular weight is 191 g/mol. The van der Waals surface area contributed by atoms with Gasteiger partial charge in [-0.3, -0.25) is 5.10 Å². The molecule has 0 radical (unpaired) electrons. The molecule has 0 unspecified atom stereocenters. The first-order chi connectivity index (χ1) is 6.68. The Hall–Kier alpha value is -1.84. The normalized spacial score (nSPS) is 10.4. The first-order valence-electron chi connectivity index (χ1n) is 4.24. The van der Waals surface area contributed by atoms with Crippen LogP contribution >= 0.6 is 0 Å². The van der Waals surface area contributed by atoms with Crippen LogP contribution in [-0.4, -0.2) is 10.2 Å². The smallest absolute Gasteiger partial charge is 0.131 e. The van der Waals surface area contributed by atoms with E-state index >= 15 is 0 Å². The van der Waals surface area contributed by atoms with Crippen LogP contribution in [0.15, 0.2) is 24.4 Å². The number of anilines is 1. The summed E-state index contributed by atoms with van der Waals surface area (Å²) in [5.74, 6) is 0.0956. The molecule has 3 N–H and O–H groups in total. The van der Waals surface area contributed by atoms with Crippen LogP contribution in [0.4, 0.5) is 10.2 Å². The number of hydrogen-bond acceptors (Lipinski definition) is 2. The molecule has 1 aromatic carbocycles. The molecular weight excluding hydrogens is 181 g/mol. The standard InChI is InChI=1S/C10H10FN3/c1-6-2-3-9(11)7(4-6)8-5-13-14-10(8)12/h2-5H,1H3,(H3,12,13,14). The Labute approximate surface area is 80.8 Å². The summed E-state index contributed by atoms with van der Waals surface area (Å²) in [4.78, 5) is 0. The van der Waals surface area contributed by atoms with E-state index in [1.807, 2.05) is 6.92 Å². The minimum absolute atomic E-state index is 0.288. The molecule has 0 spiro atoms. The van der Waals surface area contributed by atoms with Crippen molar-refractivity contribution in [3.05, 3.63) is 35.8 Å². The van der Waals surface area contributed by atoms with Gasteiger partial charge in [-0.15, -0.1) is 0 Å². The summed E-state index contributed by atoms with van der Waals surface area (Å²) in [6.07, 6.45) is 1.52. The van der Waals surface area contributed by atoms with Gasteiger partial charge in [-0.25, -0.2) is 4.39 Å². The molecule has 0 aliphatic heterocycles. The summed E-state index contributed by atoms with van der Waals surface area (Å²) in [6, 6.07) is 4.89. The van der Waals surface area contributed by atoms with Gasteiger partial charge in [0.05, 0.1) is 6.20 Å². The zero-order valence-corrected chi connectivity index (χ0v) is 7.71. The number of aromatic nitrogens is 2. The van der Waals surface area contributed by atoms with Gasteiger partial charge < -0.3 is 5.73 Å². The maximum atomic E-state index is 13.4. The number of nitrogens with one attached hydrogen (secondary N) is 1. The summed E-state index contributed by atoms with van der Waals surface area (Å²) in [5.41, 5.74) is 7.68. The molecule has 0 aliphatic carbocycles. The van der Waals surface area contributed by atoms with Crippen LogP contribution in [0.2, 0.25) is 0 Å². The third-order valence-electron chi connectivity index (χ3n) is 2.08. The van der Waals surface area contributed by atoms with E-state index < -0.39 is 0 Å². The number of benzene rings is 1. The molecule has 0 atom stereocenters. The molecule has 1 aromatic heterocycles. The Balaban J connectivity index is 2.62. The molecule has 0 bridgehead atoms. The van der Waals surface area contributed by atoms with E-state index in [1.54, 1.807) is 12.1 Å². The third kappa shape index (κ3) is 1.35. The van der Waals surface area contributed by atoms with Crippen molar-refractivity contribution < 1.29 is 4.39 Å². The van der Waals surface area contributed by atoms with E-state index in [0.717, 1.165) is 5.56 Å². The van der Waals surface area contributed by atoms with Crippen LogP contribution < -0.4 is 5.73 Å². The largest absolute Gasteiger partial charge is 0.384 e. The quantitative estimate of drug-likeness (QED) is 0.725. The van der Waals surface area contributed by atoms with Gasteiger partial charge in [-0.05, 0) is 19.1 Å². The highest BCUT2D eigenvalue weighted by molar-refractivity contribution is 5.73. The van der Waals surface area contributed by atoms with E-state index in [4.69, 9.17) is 5.73 Å². The predicted molar refractivity (Wildman–Crippen MR) is 53.1 cm³/mol. The van der Waals surface area contributed by atoms with Crippen molar-refractivity contribution in [1.29, 1.82) is 0 Å². The van der Waals surface area contributed by atoms with Gasteiger partial charge in [0, 0.05) is 11.1 Å². The Morgan fingerprint density at radius 3 is 2.79 bits per heavy atom. The summed E-state index contributed by atoms with van der Waals surface area (Å²) < 4.78 is 13.4. The lowest BCUT2D eigenvalue weighted by atomic mass is 10.1. The molecule has 0 saturated carbocycles. The van der Waals surface area contributed by atoms with Crippen LogP contribution in [-0.2, 0) is 0 Å². The van der Waals surface area contributed by atoms with Gasteiger partial charge in [-0.2, -0.15) is 5.10 Å². The zero-order chi connectivity index (χ0) is 10.1. The predicted octanol–water partition coefficient (Wildman–Crippen LogP) is 2.11. The molecule has 3 nitrogen and oxygen atoms in total. The van der Waals surface area contributed by atoms with Crippen molar-refractivity contribution in [1.82, 2.24) is 10.2 Å². The summed E-state index contributed by atoms with van der Waals surface area (Å²) in [6.45, 7) is 1.90. The van der Waals surface area contributed by atoms with E-state index in [0.29, 0.717) is 16.9 Å². The Kier molecular flexibility index (Phi) is 1.96. The lowest BCUT2D eigenvalue weighted by molar-refractivity contribution is 0.631. The van der Waals surface area contributed by atoms with Crippen molar-refractivity contribution in [3.63, 3.8) is 0 Å². The molecule has 4 heteroatoms. The Morgan fingerprint density at radius 1 is 1.36 bits per heavy atom. The number of rotatable bonds is 1. The second-order valence-electron chi connectivity index (χ2n) is 3.18. The highest BCUT2D eigenvalue weighted by Crippen LogP contribution is 2.26. The highest BCUT2D eigenvalue weighted by Gasteiger charge is 2.09. The molecule has 2 rings (SSSR count). The third-order valence-corrected chi connectivity index (χ3v) is 2.08. The summed E-state index contributed by atoms with van der Waals surface area (Å²) >= 11 is 0. The number of nitrogens with zero attached hydrogens (tertiary/aromatic N) is 1. The second kappa shape index (κ2) is 3.14. The van der Waals surface area contributed by atoms with Gasteiger partial charge in [0.2, 0.25) is 0 Å². The van der Waals surface area contributed by atoms with E-state index in [9.17, 15) is 4.39 Å². The SMILES string of the molecule is Cc1ccc(F)c(-c2cn[nH]c2N)c1. The number of nitrogen functional groups attached to an aromatic ring is 1. The Morgan fingerprint density at radius 2 is 2.14 bits per heavy atom. The molecule has 0 amide bonds. The minimum atomic E-state index is -0.288. The first kappa shape index (κ1) is 8.74. The van der Waals surface area contributed by atoms with Crippen LogP contribution in [0.3, 0.4) is 0 Å². The van der Waals surface area contributed by atoms with Crippen LogP contribution in [0.5, 0.6) is 0 Å². The number of halogens is 1. The number of H-pyrrole nitrogens is 1. The fourth-order valence-electron chi connectivity index (χ4n) is 1.36. The van der Waals surface area contributed by atoms with E-state index in [1.165, 1.54) is 12.3 Å². The number of nitrogens with two attached hydrogens (primary N) is 1. The molecule has 14 heavy (non-hydrogen) atoms. The monoisotopic (exact) mass is 191 g/mol. The topological polar surface area (TPSA) is 54.7 Å². The summed E-state index contributed by atoms with van der Waals surface area (Å²) in [5, 5.41) is 6.33. The second-order valence-corrected chi connectivity index (χ2v) is 3.18. The van der Waals surface area contributed by atoms with Crippen molar-refractivity contribution in [2.24, 2.45) is 0 Å². The number of aryl methyl sites for hydroxylation is 1. The van der Waals surface area contributed by atoms with Gasteiger partial charge in [0.15, 0.2) is 0 Å². The van der Waals surface area contributed by atoms with Gasteiger partial charge in [-0.1, -0.05) is 11.6 Å². The fourth-order valence-corrected chi connectivity index (χ4v) is 1.36. The lowest BCUT2D eigenvalue weighted by Crippen LogP contribution is -1.90. The number of hydrogen-bond donors (Lipinski definition) is 2. The molecule has 0 aliphatic rings. The summed E-state index contributed by atoms with van der Waals surface area (Å²) in [7, 11) is 0. The maximum Gasteiger partial charge on any atom is 0.131 e. The van der Waals surface area contributed by atoms with E-state index in [-0.39, 0.29) is 5.82 Å². The van der Waals surface area contributed by atoms with Crippen molar-refractivity contribution in [3.8, 4) is 11.1 Å². The van der Waals surface area contributed by atoms with Crippen molar-refractivity contribution in [2.75, 3.05) is 5.73 Å². The maximum absolute atomic E-state index is 13.4. The van der Waals surface area contributed by atoms with Crippen LogP contribution in [0.25, 0.3) is 11.1 Å². The van der Waals surface area contributed by atoms with Crippen molar-refractivity contribution in [2.45, 2.75) is 6.92 Å². The molecule has 72 valence electrons. The van der Waals surface area contributed by atoms with Gasteiger partial charge in [0.1, 0.15) is 11.6 Å².